The Labute approximate surface area is 198 Å². The summed E-state index contributed by atoms with van der Waals surface area (Å²) in [4.78, 5) is 24.1. The van der Waals surface area contributed by atoms with Gasteiger partial charge in [0, 0.05) is 31.4 Å². The van der Waals surface area contributed by atoms with E-state index in [2.05, 4.69) is 28.4 Å². The van der Waals surface area contributed by atoms with Crippen LogP contribution in [0.1, 0.15) is 24.8 Å². The number of anilines is 1. The number of aromatic hydroxyl groups is 1. The molecule has 1 aromatic heterocycles. The molecule has 2 aliphatic heterocycles. The van der Waals surface area contributed by atoms with Crippen LogP contribution in [0.15, 0.2) is 42.5 Å². The first kappa shape index (κ1) is 22.4. The van der Waals surface area contributed by atoms with E-state index >= 15 is 0 Å². The number of aromatic nitrogens is 2. The average Bonchev–Trinajstić information content (AvgIpc) is 3.35. The minimum absolute atomic E-state index is 0.147. The number of nitrogens with zero attached hydrogens (tertiary/aromatic N) is 3. The second-order valence-electron chi connectivity index (χ2n) is 9.13. The number of amides is 1. The number of ether oxygens (including phenoxy) is 2. The highest BCUT2D eigenvalue weighted by molar-refractivity contribution is 5.92. The Bertz CT molecular complexity index is 1180. The molecular formula is C26H30N4O4. The third-order valence-corrected chi connectivity index (χ3v) is 6.49. The Hall–Kier alpha value is -3.39. The summed E-state index contributed by atoms with van der Waals surface area (Å²) in [5.74, 6) is 1.81. The van der Waals surface area contributed by atoms with Crippen LogP contribution in [0.25, 0.3) is 22.3 Å². The summed E-state index contributed by atoms with van der Waals surface area (Å²) < 4.78 is 10.7. The van der Waals surface area contributed by atoms with E-state index < -0.39 is 0 Å². The van der Waals surface area contributed by atoms with Crippen LogP contribution in [0.3, 0.4) is 0 Å². The van der Waals surface area contributed by atoms with E-state index in [0.717, 1.165) is 54.6 Å². The van der Waals surface area contributed by atoms with Gasteiger partial charge in [-0.2, -0.15) is 0 Å². The van der Waals surface area contributed by atoms with Crippen molar-refractivity contribution in [1.29, 1.82) is 0 Å². The maximum atomic E-state index is 12.2. The van der Waals surface area contributed by atoms with Gasteiger partial charge >= 0.3 is 6.09 Å². The molecule has 0 radical (unpaired) electrons. The van der Waals surface area contributed by atoms with Crippen molar-refractivity contribution in [1.82, 2.24) is 15.3 Å². The number of phenolic OH excluding ortho intramolecular Hbond substituents is 1. The summed E-state index contributed by atoms with van der Waals surface area (Å²) in [6.07, 6.45) is 2.26. The fourth-order valence-electron chi connectivity index (χ4n) is 4.70. The lowest BCUT2D eigenvalue weighted by molar-refractivity contribution is 0.0821. The topological polar surface area (TPSA) is 96.8 Å². The molecule has 3 heterocycles. The zero-order valence-corrected chi connectivity index (χ0v) is 19.4. The van der Waals surface area contributed by atoms with Crippen molar-refractivity contribution in [3.05, 3.63) is 48.0 Å². The molecule has 1 amide bonds. The molecule has 2 N–H and O–H groups in total. The molecule has 5 rings (SSSR count). The maximum Gasteiger partial charge on any atom is 0.407 e. The molecule has 8 heteroatoms. The molecule has 2 aromatic carbocycles. The second kappa shape index (κ2) is 9.85. The van der Waals surface area contributed by atoms with Crippen molar-refractivity contribution in [3.8, 4) is 17.1 Å². The largest absolute Gasteiger partial charge is 0.507 e. The minimum Gasteiger partial charge on any atom is -0.507 e. The maximum absolute atomic E-state index is 12.2. The quantitative estimate of drug-likeness (QED) is 0.591. The zero-order chi connectivity index (χ0) is 23.5. The average molecular weight is 463 g/mol. The smallest absolute Gasteiger partial charge is 0.407 e. The van der Waals surface area contributed by atoms with Crippen molar-refractivity contribution < 1.29 is 19.4 Å². The Balaban J connectivity index is 1.37. The molecule has 2 aliphatic rings. The number of fused-ring (bicyclic) bond motifs is 1. The fourth-order valence-corrected chi connectivity index (χ4v) is 4.70. The van der Waals surface area contributed by atoms with Gasteiger partial charge in [-0.3, -0.25) is 0 Å². The Kier molecular flexibility index (Phi) is 6.49. The number of benzene rings is 2. The number of rotatable bonds is 5. The third kappa shape index (κ3) is 4.92. The van der Waals surface area contributed by atoms with Gasteiger partial charge in [-0.25, -0.2) is 14.8 Å². The van der Waals surface area contributed by atoms with Crippen LogP contribution in [0.5, 0.6) is 5.75 Å². The molecule has 2 atom stereocenters. The highest BCUT2D eigenvalue weighted by Crippen LogP contribution is 2.33. The first-order chi connectivity index (χ1) is 16.6. The summed E-state index contributed by atoms with van der Waals surface area (Å²) in [6, 6.07) is 13.3. The van der Waals surface area contributed by atoms with E-state index in [-0.39, 0.29) is 23.9 Å². The normalized spacial score (nSPS) is 20.4. The molecule has 0 saturated carbocycles. The van der Waals surface area contributed by atoms with E-state index in [4.69, 9.17) is 19.4 Å². The number of phenols is 1. The van der Waals surface area contributed by atoms with Crippen LogP contribution in [0, 0.1) is 12.8 Å². The lowest BCUT2D eigenvalue weighted by Crippen LogP contribution is -2.42. The number of hydrogen-bond donors (Lipinski definition) is 2. The molecule has 0 unspecified atom stereocenters. The number of carbonyl (C=O) groups is 1. The van der Waals surface area contributed by atoms with Crippen molar-refractivity contribution in [2.75, 3.05) is 37.7 Å². The molecule has 0 bridgehead atoms. The third-order valence-electron chi connectivity index (χ3n) is 6.49. The molecule has 8 nitrogen and oxygen atoms in total. The first-order valence-electron chi connectivity index (χ1n) is 11.9. The van der Waals surface area contributed by atoms with E-state index in [0.29, 0.717) is 31.1 Å². The summed E-state index contributed by atoms with van der Waals surface area (Å²) in [5, 5.41) is 14.3. The monoisotopic (exact) mass is 462 g/mol. The number of carbonyl (C=O) groups excluding carboxylic acids is 1. The van der Waals surface area contributed by atoms with Crippen molar-refractivity contribution in [3.63, 3.8) is 0 Å². The predicted octanol–water partition coefficient (Wildman–Crippen LogP) is 4.04. The fraction of sp³-hybridized carbons (Fsp3) is 0.423. The van der Waals surface area contributed by atoms with Crippen molar-refractivity contribution >= 4 is 22.8 Å². The van der Waals surface area contributed by atoms with Gasteiger partial charge in [0.2, 0.25) is 0 Å². The molecule has 3 aromatic rings. The molecular weight excluding hydrogens is 432 g/mol. The SMILES string of the molecule is Cc1ccc2c(N3CCC[C@H](CNC(=O)O[C@H]4CCOC4)C3)nc(-c3ccccc3O)nc2c1. The number of para-hydroxylation sites is 1. The van der Waals surface area contributed by atoms with Crippen LogP contribution >= 0.6 is 0 Å². The lowest BCUT2D eigenvalue weighted by atomic mass is 9.97. The molecule has 2 saturated heterocycles. The van der Waals surface area contributed by atoms with Crippen LogP contribution in [0.2, 0.25) is 0 Å². The van der Waals surface area contributed by atoms with E-state index in [9.17, 15) is 9.90 Å². The number of hydrogen-bond acceptors (Lipinski definition) is 7. The first-order valence-corrected chi connectivity index (χ1v) is 11.9. The van der Waals surface area contributed by atoms with Crippen LogP contribution in [-0.2, 0) is 9.47 Å². The van der Waals surface area contributed by atoms with Gasteiger partial charge in [-0.05, 0) is 55.5 Å². The van der Waals surface area contributed by atoms with Crippen LogP contribution < -0.4 is 10.2 Å². The highest BCUT2D eigenvalue weighted by atomic mass is 16.6. The van der Waals surface area contributed by atoms with Gasteiger partial charge in [0.1, 0.15) is 17.7 Å². The van der Waals surface area contributed by atoms with Crippen molar-refractivity contribution in [2.45, 2.75) is 32.3 Å². The highest BCUT2D eigenvalue weighted by Gasteiger charge is 2.25. The molecule has 34 heavy (non-hydrogen) atoms. The number of aryl methyl sites for hydroxylation is 1. The van der Waals surface area contributed by atoms with Crippen LogP contribution in [0.4, 0.5) is 10.6 Å². The standard InChI is InChI=1S/C26H30N4O4/c1-17-8-9-20-22(13-17)28-24(21-6-2-3-7-23(21)31)29-25(20)30-11-4-5-18(15-30)14-27-26(32)34-19-10-12-33-16-19/h2-3,6-9,13,18-19,31H,4-5,10-12,14-16H2,1H3,(H,27,32)/t18-,19+/m1/s1. The predicted molar refractivity (Wildman–Crippen MR) is 130 cm³/mol. The Morgan fingerprint density at radius 2 is 2.12 bits per heavy atom. The molecule has 178 valence electrons. The summed E-state index contributed by atoms with van der Waals surface area (Å²) >= 11 is 0. The van der Waals surface area contributed by atoms with Gasteiger partial charge in [-0.1, -0.05) is 18.2 Å². The van der Waals surface area contributed by atoms with Gasteiger partial charge in [0.15, 0.2) is 5.82 Å². The molecule has 2 fully saturated rings. The van der Waals surface area contributed by atoms with Gasteiger partial charge in [0.05, 0.1) is 24.3 Å². The minimum atomic E-state index is -0.377. The van der Waals surface area contributed by atoms with Gasteiger partial charge < -0.3 is 24.8 Å². The van der Waals surface area contributed by atoms with Crippen LogP contribution in [-0.4, -0.2) is 60.1 Å². The Morgan fingerprint density at radius 3 is 2.94 bits per heavy atom. The van der Waals surface area contributed by atoms with Gasteiger partial charge in [0.25, 0.3) is 0 Å². The molecule has 0 spiro atoms. The number of nitrogens with one attached hydrogen (secondary N) is 1. The number of piperidine rings is 1. The lowest BCUT2D eigenvalue weighted by Gasteiger charge is -2.34. The Morgan fingerprint density at radius 1 is 1.24 bits per heavy atom. The van der Waals surface area contributed by atoms with Crippen molar-refractivity contribution in [2.24, 2.45) is 5.92 Å². The second-order valence-corrected chi connectivity index (χ2v) is 9.13. The molecule has 0 aliphatic carbocycles. The van der Waals surface area contributed by atoms with E-state index in [1.54, 1.807) is 12.1 Å². The zero-order valence-electron chi connectivity index (χ0n) is 19.4. The van der Waals surface area contributed by atoms with Gasteiger partial charge in [-0.15, -0.1) is 0 Å². The summed E-state index contributed by atoms with van der Waals surface area (Å²) in [5.41, 5.74) is 2.58. The summed E-state index contributed by atoms with van der Waals surface area (Å²) in [7, 11) is 0. The van der Waals surface area contributed by atoms with E-state index in [1.165, 1.54) is 0 Å². The number of alkyl carbamates (subject to hydrolysis) is 1. The summed E-state index contributed by atoms with van der Waals surface area (Å²) in [6.45, 7) is 5.36. The van der Waals surface area contributed by atoms with E-state index in [1.807, 2.05) is 19.1 Å².